The van der Waals surface area contributed by atoms with Gasteiger partial charge in [0.2, 0.25) is 0 Å². The van der Waals surface area contributed by atoms with Crippen LogP contribution in [0.1, 0.15) is 11.1 Å². The molecule has 0 saturated carbocycles. The lowest BCUT2D eigenvalue weighted by molar-refractivity contribution is 0.600. The van der Waals surface area contributed by atoms with Gasteiger partial charge in [-0.05, 0) is 67.4 Å². The first-order valence-electron chi connectivity index (χ1n) is 7.96. The van der Waals surface area contributed by atoms with Gasteiger partial charge in [-0.1, -0.05) is 30.3 Å². The normalized spacial score (nSPS) is 11.1. The number of aryl methyl sites for hydroxylation is 2. The minimum atomic E-state index is -3.59. The molecule has 0 aromatic heterocycles. The van der Waals surface area contributed by atoms with Crippen molar-refractivity contribution in [3.63, 3.8) is 0 Å². The van der Waals surface area contributed by atoms with Gasteiger partial charge in [-0.3, -0.25) is 4.72 Å². The van der Waals surface area contributed by atoms with Gasteiger partial charge >= 0.3 is 0 Å². The van der Waals surface area contributed by atoms with Gasteiger partial charge in [0, 0.05) is 17.1 Å². The zero-order valence-corrected chi connectivity index (χ0v) is 15.0. The molecule has 5 heteroatoms. The van der Waals surface area contributed by atoms with Crippen LogP contribution in [0, 0.1) is 13.8 Å². The number of nitrogens with one attached hydrogen (secondary N) is 2. The Bertz CT molecular complexity index is 981. The number of hydrogen-bond donors (Lipinski definition) is 2. The Morgan fingerprint density at radius 1 is 0.720 bits per heavy atom. The van der Waals surface area contributed by atoms with Crippen molar-refractivity contribution in [1.29, 1.82) is 0 Å². The van der Waals surface area contributed by atoms with Crippen molar-refractivity contribution in [2.75, 3.05) is 10.0 Å². The minimum absolute atomic E-state index is 0.289. The fraction of sp³-hybridized carbons (Fsp3) is 0.100. The fourth-order valence-corrected chi connectivity index (χ4v) is 3.89. The molecule has 2 N–H and O–H groups in total. The average Bonchev–Trinajstić information content (AvgIpc) is 2.57. The van der Waals surface area contributed by atoms with E-state index in [1.54, 1.807) is 37.3 Å². The molecule has 0 fully saturated rings. The summed E-state index contributed by atoms with van der Waals surface area (Å²) >= 11 is 0. The van der Waals surface area contributed by atoms with Crippen LogP contribution in [0.2, 0.25) is 0 Å². The van der Waals surface area contributed by atoms with E-state index in [0.717, 1.165) is 11.4 Å². The van der Waals surface area contributed by atoms with Crippen molar-refractivity contribution >= 4 is 27.1 Å². The fourth-order valence-electron chi connectivity index (χ4n) is 2.58. The van der Waals surface area contributed by atoms with Crippen molar-refractivity contribution < 1.29 is 8.42 Å². The summed E-state index contributed by atoms with van der Waals surface area (Å²) < 4.78 is 27.6. The Kier molecular flexibility index (Phi) is 4.76. The average molecular weight is 352 g/mol. The maximum absolute atomic E-state index is 12.5. The molecule has 3 aromatic rings. The highest BCUT2D eigenvalue weighted by molar-refractivity contribution is 7.92. The molecule has 128 valence electrons. The van der Waals surface area contributed by atoms with Gasteiger partial charge in [-0.25, -0.2) is 8.42 Å². The standard InChI is InChI=1S/C20H20N2O2S/c1-15-6-5-8-19(14-15)21-17-10-12-18(13-11-17)22-25(23,24)20-9-4-3-7-16(20)2/h3-14,21-22H,1-2H3. The molecule has 0 aliphatic rings. The van der Waals surface area contributed by atoms with E-state index in [2.05, 4.69) is 16.1 Å². The first kappa shape index (κ1) is 17.0. The van der Waals surface area contributed by atoms with Crippen LogP contribution in [0.15, 0.2) is 77.7 Å². The first-order chi connectivity index (χ1) is 11.9. The Morgan fingerprint density at radius 2 is 1.40 bits per heavy atom. The molecule has 0 amide bonds. The summed E-state index contributed by atoms with van der Waals surface area (Å²) in [5.41, 5.74) is 4.30. The lowest BCUT2D eigenvalue weighted by Gasteiger charge is -2.11. The zero-order chi connectivity index (χ0) is 17.9. The highest BCUT2D eigenvalue weighted by Crippen LogP contribution is 2.22. The van der Waals surface area contributed by atoms with Crippen molar-refractivity contribution in [2.45, 2.75) is 18.7 Å². The molecule has 0 aliphatic carbocycles. The van der Waals surface area contributed by atoms with Crippen molar-refractivity contribution in [2.24, 2.45) is 0 Å². The van der Waals surface area contributed by atoms with Crippen molar-refractivity contribution in [1.82, 2.24) is 0 Å². The monoisotopic (exact) mass is 352 g/mol. The summed E-state index contributed by atoms with van der Waals surface area (Å²) in [7, 11) is -3.59. The molecule has 25 heavy (non-hydrogen) atoms. The summed E-state index contributed by atoms with van der Waals surface area (Å²) in [6, 6.07) is 22.2. The first-order valence-corrected chi connectivity index (χ1v) is 9.44. The predicted molar refractivity (Wildman–Crippen MR) is 103 cm³/mol. The second-order valence-corrected chi connectivity index (χ2v) is 7.59. The van der Waals surface area contributed by atoms with Crippen LogP contribution in [-0.2, 0) is 10.0 Å². The predicted octanol–water partition coefficient (Wildman–Crippen LogP) is 4.85. The number of anilines is 3. The summed E-state index contributed by atoms with van der Waals surface area (Å²) in [6.07, 6.45) is 0. The third kappa shape index (κ3) is 4.19. The Balaban J connectivity index is 1.75. The maximum Gasteiger partial charge on any atom is 0.262 e. The molecule has 0 bridgehead atoms. The molecular formula is C20H20N2O2S. The van der Waals surface area contributed by atoms with E-state index in [4.69, 9.17) is 0 Å². The molecule has 0 heterocycles. The van der Waals surface area contributed by atoms with Gasteiger partial charge in [-0.15, -0.1) is 0 Å². The van der Waals surface area contributed by atoms with E-state index in [1.807, 2.05) is 43.3 Å². The quantitative estimate of drug-likeness (QED) is 0.690. The van der Waals surface area contributed by atoms with Gasteiger partial charge in [0.15, 0.2) is 0 Å². The van der Waals surface area contributed by atoms with Crippen molar-refractivity contribution in [3.05, 3.63) is 83.9 Å². The summed E-state index contributed by atoms with van der Waals surface area (Å²) in [5, 5.41) is 3.30. The van der Waals surface area contributed by atoms with E-state index in [9.17, 15) is 8.42 Å². The molecule has 0 saturated heterocycles. The van der Waals surface area contributed by atoms with E-state index in [-0.39, 0.29) is 4.90 Å². The van der Waals surface area contributed by atoms with Gasteiger partial charge < -0.3 is 5.32 Å². The van der Waals surface area contributed by atoms with Crippen LogP contribution >= 0.6 is 0 Å². The Labute approximate surface area is 148 Å². The zero-order valence-electron chi connectivity index (χ0n) is 14.2. The molecule has 0 spiro atoms. The Hall–Kier alpha value is -2.79. The summed E-state index contributed by atoms with van der Waals surface area (Å²) in [4.78, 5) is 0.289. The summed E-state index contributed by atoms with van der Waals surface area (Å²) in [5.74, 6) is 0. The van der Waals surface area contributed by atoms with Gasteiger partial charge in [0.1, 0.15) is 0 Å². The highest BCUT2D eigenvalue weighted by Gasteiger charge is 2.16. The minimum Gasteiger partial charge on any atom is -0.356 e. The third-order valence-electron chi connectivity index (χ3n) is 3.83. The second-order valence-electron chi connectivity index (χ2n) is 5.94. The number of rotatable bonds is 5. The molecule has 0 aliphatic heterocycles. The highest BCUT2D eigenvalue weighted by atomic mass is 32.2. The van der Waals surface area contributed by atoms with Crippen molar-refractivity contribution in [3.8, 4) is 0 Å². The van der Waals surface area contributed by atoms with E-state index in [1.165, 1.54) is 5.56 Å². The van der Waals surface area contributed by atoms with E-state index >= 15 is 0 Å². The smallest absolute Gasteiger partial charge is 0.262 e. The molecule has 0 radical (unpaired) electrons. The van der Waals surface area contributed by atoms with E-state index in [0.29, 0.717) is 11.3 Å². The number of hydrogen-bond acceptors (Lipinski definition) is 3. The number of benzene rings is 3. The van der Waals surface area contributed by atoms with Crippen LogP contribution in [0.3, 0.4) is 0 Å². The van der Waals surface area contributed by atoms with Gasteiger partial charge in [0.05, 0.1) is 4.90 Å². The molecule has 0 unspecified atom stereocenters. The van der Waals surface area contributed by atoms with Crippen LogP contribution in [0.4, 0.5) is 17.1 Å². The van der Waals surface area contributed by atoms with E-state index < -0.39 is 10.0 Å². The topological polar surface area (TPSA) is 58.2 Å². The maximum atomic E-state index is 12.5. The third-order valence-corrected chi connectivity index (χ3v) is 5.37. The van der Waals surface area contributed by atoms with Gasteiger partial charge in [0.25, 0.3) is 10.0 Å². The molecule has 0 atom stereocenters. The molecule has 3 rings (SSSR count). The largest absolute Gasteiger partial charge is 0.356 e. The lowest BCUT2D eigenvalue weighted by Crippen LogP contribution is -2.14. The molecular weight excluding hydrogens is 332 g/mol. The Morgan fingerprint density at radius 3 is 2.08 bits per heavy atom. The molecule has 4 nitrogen and oxygen atoms in total. The molecule has 3 aromatic carbocycles. The second kappa shape index (κ2) is 6.99. The lowest BCUT2D eigenvalue weighted by atomic mass is 10.2. The van der Waals surface area contributed by atoms with Crippen LogP contribution < -0.4 is 10.0 Å². The summed E-state index contributed by atoms with van der Waals surface area (Å²) in [6.45, 7) is 3.82. The van der Waals surface area contributed by atoms with Gasteiger partial charge in [-0.2, -0.15) is 0 Å². The SMILES string of the molecule is Cc1cccc(Nc2ccc(NS(=O)(=O)c3ccccc3C)cc2)c1. The van der Waals surface area contributed by atoms with Crippen LogP contribution in [0.25, 0.3) is 0 Å². The number of sulfonamides is 1. The van der Waals surface area contributed by atoms with Crippen LogP contribution in [0.5, 0.6) is 0 Å². The van der Waals surface area contributed by atoms with Crippen LogP contribution in [-0.4, -0.2) is 8.42 Å².